The molecule has 0 fully saturated rings. The monoisotopic (exact) mass is 207 g/mol. The highest BCUT2D eigenvalue weighted by Crippen LogP contribution is 2.21. The molecule has 0 nitrogen and oxygen atoms in total. The summed E-state index contributed by atoms with van der Waals surface area (Å²) in [5.74, 6) is -0.435. The van der Waals surface area contributed by atoms with Gasteiger partial charge in [0.25, 0.3) is 0 Å². The predicted molar refractivity (Wildman–Crippen MR) is 37.9 cm³/mol. The molecule has 3 heteroatoms. The lowest BCUT2D eigenvalue weighted by Gasteiger charge is -1.92. The molecule has 0 aromatic heterocycles. The van der Waals surface area contributed by atoms with Crippen LogP contribution < -0.4 is 0 Å². The number of hydrogen-bond donors (Lipinski definition) is 0. The van der Waals surface area contributed by atoms with Crippen molar-refractivity contribution in [3.63, 3.8) is 0 Å². The van der Waals surface area contributed by atoms with Crippen molar-refractivity contribution in [1.29, 1.82) is 0 Å². The largest absolute Gasteiger partial charge is 0.204 e. The average Bonchev–Trinajstić information content (AvgIpc) is 1.83. The minimum absolute atomic E-state index is 0.0874. The SMILES string of the molecule is Fc1c(Cl)c[c]cc1Br. The fourth-order valence-corrected chi connectivity index (χ4v) is 1.05. The van der Waals surface area contributed by atoms with E-state index in [0.29, 0.717) is 4.47 Å². The Balaban J connectivity index is 3.25. The molecule has 1 aromatic rings. The lowest BCUT2D eigenvalue weighted by Crippen LogP contribution is -1.76. The molecule has 0 bridgehead atoms. The predicted octanol–water partition coefficient (Wildman–Crippen LogP) is 3.04. The molecule has 0 unspecified atom stereocenters. The van der Waals surface area contributed by atoms with E-state index in [1.165, 1.54) is 12.1 Å². The van der Waals surface area contributed by atoms with E-state index in [4.69, 9.17) is 11.6 Å². The Bertz CT molecular complexity index is 204. The normalized spacial score (nSPS) is 9.67. The fraction of sp³-hybridized carbons (Fsp3) is 0. The van der Waals surface area contributed by atoms with Gasteiger partial charge >= 0.3 is 0 Å². The average molecular weight is 208 g/mol. The van der Waals surface area contributed by atoms with E-state index >= 15 is 0 Å². The van der Waals surface area contributed by atoms with Gasteiger partial charge in [0.15, 0.2) is 5.82 Å². The van der Waals surface area contributed by atoms with Crippen LogP contribution in [0, 0.1) is 11.9 Å². The maximum atomic E-state index is 12.5. The van der Waals surface area contributed by atoms with Crippen molar-refractivity contribution in [2.75, 3.05) is 0 Å². The van der Waals surface area contributed by atoms with E-state index in [1.54, 1.807) is 0 Å². The van der Waals surface area contributed by atoms with Crippen LogP contribution in [0.3, 0.4) is 0 Å². The van der Waals surface area contributed by atoms with Crippen molar-refractivity contribution < 1.29 is 4.39 Å². The van der Waals surface area contributed by atoms with Gasteiger partial charge in [0, 0.05) is 0 Å². The molecule has 0 spiro atoms. The van der Waals surface area contributed by atoms with Crippen LogP contribution in [0.1, 0.15) is 0 Å². The van der Waals surface area contributed by atoms with Crippen LogP contribution in [0.4, 0.5) is 4.39 Å². The highest BCUT2D eigenvalue weighted by Gasteiger charge is 2.00. The van der Waals surface area contributed by atoms with Crippen molar-refractivity contribution in [2.45, 2.75) is 0 Å². The number of hydrogen-bond acceptors (Lipinski definition) is 0. The maximum Gasteiger partial charge on any atom is 0.155 e. The minimum Gasteiger partial charge on any atom is -0.204 e. The van der Waals surface area contributed by atoms with Gasteiger partial charge in [-0.3, -0.25) is 0 Å². The Morgan fingerprint density at radius 3 is 2.67 bits per heavy atom. The first kappa shape index (κ1) is 7.03. The Labute approximate surface area is 65.8 Å². The zero-order valence-electron chi connectivity index (χ0n) is 4.29. The summed E-state index contributed by atoms with van der Waals surface area (Å²) in [6.07, 6.45) is 0. The van der Waals surface area contributed by atoms with Gasteiger partial charge in [-0.25, -0.2) is 4.39 Å². The van der Waals surface area contributed by atoms with Crippen molar-refractivity contribution in [1.82, 2.24) is 0 Å². The standard InChI is InChI=1S/C6H2BrClF/c7-4-2-1-3-5(8)6(4)9/h2-3H. The molecule has 0 heterocycles. The fourth-order valence-electron chi connectivity index (χ4n) is 0.429. The summed E-state index contributed by atoms with van der Waals surface area (Å²) < 4.78 is 12.9. The quantitative estimate of drug-likeness (QED) is 0.575. The molecular formula is C6H2BrClF. The van der Waals surface area contributed by atoms with Gasteiger partial charge in [0.1, 0.15) is 0 Å². The first-order chi connectivity index (χ1) is 4.22. The molecule has 0 atom stereocenters. The van der Waals surface area contributed by atoms with Crippen LogP contribution in [0.5, 0.6) is 0 Å². The van der Waals surface area contributed by atoms with Crippen LogP contribution >= 0.6 is 27.5 Å². The van der Waals surface area contributed by atoms with Crippen molar-refractivity contribution in [3.05, 3.63) is 33.5 Å². The van der Waals surface area contributed by atoms with E-state index in [1.807, 2.05) is 0 Å². The highest BCUT2D eigenvalue weighted by molar-refractivity contribution is 9.10. The molecule has 0 saturated carbocycles. The first-order valence-electron chi connectivity index (χ1n) is 2.22. The van der Waals surface area contributed by atoms with Gasteiger partial charge < -0.3 is 0 Å². The molecule has 1 radical (unpaired) electrons. The van der Waals surface area contributed by atoms with Crippen molar-refractivity contribution in [3.8, 4) is 0 Å². The third-order valence-electron chi connectivity index (χ3n) is 0.839. The summed E-state index contributed by atoms with van der Waals surface area (Å²) in [7, 11) is 0. The zero-order chi connectivity index (χ0) is 6.85. The first-order valence-corrected chi connectivity index (χ1v) is 3.39. The molecule has 0 aliphatic carbocycles. The molecule has 0 saturated heterocycles. The topological polar surface area (TPSA) is 0 Å². The zero-order valence-corrected chi connectivity index (χ0v) is 6.63. The van der Waals surface area contributed by atoms with Crippen LogP contribution in [-0.2, 0) is 0 Å². The second-order valence-electron chi connectivity index (χ2n) is 1.47. The molecule has 0 aliphatic rings. The molecule has 47 valence electrons. The van der Waals surface area contributed by atoms with Crippen LogP contribution in [-0.4, -0.2) is 0 Å². The summed E-state index contributed by atoms with van der Waals surface area (Å²) in [5, 5.41) is 0.0874. The van der Waals surface area contributed by atoms with E-state index in [9.17, 15) is 4.39 Å². The van der Waals surface area contributed by atoms with Gasteiger partial charge in [-0.1, -0.05) is 11.6 Å². The van der Waals surface area contributed by atoms with Crippen molar-refractivity contribution in [2.24, 2.45) is 0 Å². The highest BCUT2D eigenvalue weighted by atomic mass is 79.9. The van der Waals surface area contributed by atoms with Gasteiger partial charge in [-0.2, -0.15) is 0 Å². The maximum absolute atomic E-state index is 12.5. The van der Waals surface area contributed by atoms with E-state index in [-0.39, 0.29) is 5.02 Å². The second kappa shape index (κ2) is 2.67. The lowest BCUT2D eigenvalue weighted by molar-refractivity contribution is 0.621. The molecule has 0 amide bonds. The molecule has 0 aliphatic heterocycles. The molecule has 1 aromatic carbocycles. The molecular weight excluding hydrogens is 206 g/mol. The third-order valence-corrected chi connectivity index (χ3v) is 1.69. The Hall–Kier alpha value is -0.0800. The number of benzene rings is 1. The van der Waals surface area contributed by atoms with E-state index in [0.717, 1.165) is 0 Å². The summed E-state index contributed by atoms with van der Waals surface area (Å²) in [5.41, 5.74) is 0. The molecule has 0 N–H and O–H groups in total. The Morgan fingerprint density at radius 2 is 2.22 bits per heavy atom. The smallest absolute Gasteiger partial charge is 0.155 e. The molecule has 1 rings (SSSR count). The number of halogens is 3. The second-order valence-corrected chi connectivity index (χ2v) is 2.73. The summed E-state index contributed by atoms with van der Waals surface area (Å²) in [6, 6.07) is 5.50. The lowest BCUT2D eigenvalue weighted by atomic mass is 10.3. The van der Waals surface area contributed by atoms with Gasteiger partial charge in [-0.15, -0.1) is 0 Å². The van der Waals surface area contributed by atoms with Gasteiger partial charge in [-0.05, 0) is 34.1 Å². The summed E-state index contributed by atoms with van der Waals surface area (Å²) in [6.45, 7) is 0. The van der Waals surface area contributed by atoms with Crippen molar-refractivity contribution >= 4 is 27.5 Å². The van der Waals surface area contributed by atoms with Gasteiger partial charge in [0.05, 0.1) is 9.50 Å². The van der Waals surface area contributed by atoms with E-state index in [2.05, 4.69) is 22.0 Å². The molecule has 9 heavy (non-hydrogen) atoms. The number of rotatable bonds is 0. The Kier molecular flexibility index (Phi) is 2.09. The van der Waals surface area contributed by atoms with Crippen LogP contribution in [0.25, 0.3) is 0 Å². The van der Waals surface area contributed by atoms with Gasteiger partial charge in [0.2, 0.25) is 0 Å². The summed E-state index contributed by atoms with van der Waals surface area (Å²) >= 11 is 8.33. The van der Waals surface area contributed by atoms with Crippen LogP contribution in [0.15, 0.2) is 16.6 Å². The minimum atomic E-state index is -0.435. The summed E-state index contributed by atoms with van der Waals surface area (Å²) in [4.78, 5) is 0. The Morgan fingerprint density at radius 1 is 1.56 bits per heavy atom. The third kappa shape index (κ3) is 1.43. The van der Waals surface area contributed by atoms with E-state index < -0.39 is 5.82 Å². The van der Waals surface area contributed by atoms with Crippen LogP contribution in [0.2, 0.25) is 5.02 Å².